The van der Waals surface area contributed by atoms with E-state index >= 15 is 0 Å². The van der Waals surface area contributed by atoms with Crippen molar-refractivity contribution < 1.29 is 9.31 Å². The third kappa shape index (κ3) is 3.30. The van der Waals surface area contributed by atoms with E-state index in [-0.39, 0.29) is 11.4 Å². The average molecular weight is 286 g/mol. The van der Waals surface area contributed by atoms with Crippen molar-refractivity contribution in [1.82, 2.24) is 4.98 Å². The first-order valence-corrected chi connectivity index (χ1v) is 6.07. The standard InChI is InChI=1S/C14H11FN4O2/c1-9(11-5-12(15)8-17-7-11)18-13-4-10(6-16)2-3-14(13)19(20)21/h2-5,7-9,18H,1H3/t9-/m1/s1. The lowest BCUT2D eigenvalue weighted by Gasteiger charge is -2.15. The molecule has 0 radical (unpaired) electrons. The molecule has 1 atom stereocenters. The van der Waals surface area contributed by atoms with Crippen LogP contribution in [0, 0.1) is 27.3 Å². The molecule has 21 heavy (non-hydrogen) atoms. The molecule has 6 nitrogen and oxygen atoms in total. The number of nitriles is 1. The second-order valence-electron chi connectivity index (χ2n) is 4.40. The Labute approximate surface area is 120 Å². The monoisotopic (exact) mass is 286 g/mol. The summed E-state index contributed by atoms with van der Waals surface area (Å²) in [5, 5.41) is 22.8. The Kier molecular flexibility index (Phi) is 4.09. The Hall–Kier alpha value is -3.01. The van der Waals surface area contributed by atoms with Crippen LogP contribution in [0.2, 0.25) is 0 Å². The van der Waals surface area contributed by atoms with Gasteiger partial charge in [0.05, 0.1) is 28.8 Å². The summed E-state index contributed by atoms with van der Waals surface area (Å²) in [4.78, 5) is 14.2. The van der Waals surface area contributed by atoms with Gasteiger partial charge in [-0.05, 0) is 30.7 Å². The van der Waals surface area contributed by atoms with Gasteiger partial charge in [-0.2, -0.15) is 5.26 Å². The molecule has 0 fully saturated rings. The number of halogens is 1. The second kappa shape index (κ2) is 5.96. The summed E-state index contributed by atoms with van der Waals surface area (Å²) in [5.41, 5.74) is 0.903. The first-order chi connectivity index (χ1) is 10.0. The van der Waals surface area contributed by atoms with Crippen LogP contribution < -0.4 is 5.32 Å². The van der Waals surface area contributed by atoms with E-state index < -0.39 is 16.8 Å². The van der Waals surface area contributed by atoms with Gasteiger partial charge in [-0.1, -0.05) is 0 Å². The van der Waals surface area contributed by atoms with Crippen molar-refractivity contribution in [3.63, 3.8) is 0 Å². The highest BCUT2D eigenvalue weighted by molar-refractivity contribution is 5.65. The number of nitrogens with zero attached hydrogens (tertiary/aromatic N) is 3. The molecular weight excluding hydrogens is 275 g/mol. The first kappa shape index (κ1) is 14.4. The van der Waals surface area contributed by atoms with Gasteiger partial charge in [-0.3, -0.25) is 15.1 Å². The maximum absolute atomic E-state index is 13.2. The lowest BCUT2D eigenvalue weighted by Crippen LogP contribution is -2.09. The summed E-state index contributed by atoms with van der Waals surface area (Å²) >= 11 is 0. The SMILES string of the molecule is C[C@@H](Nc1cc(C#N)ccc1[N+](=O)[O-])c1cncc(F)c1. The molecule has 7 heteroatoms. The number of anilines is 1. The number of benzene rings is 1. The maximum atomic E-state index is 13.2. The van der Waals surface area contributed by atoms with Crippen LogP contribution >= 0.6 is 0 Å². The van der Waals surface area contributed by atoms with Gasteiger partial charge in [0.1, 0.15) is 11.5 Å². The fourth-order valence-corrected chi connectivity index (χ4v) is 1.86. The fourth-order valence-electron chi connectivity index (χ4n) is 1.86. The molecule has 0 aliphatic carbocycles. The highest BCUT2D eigenvalue weighted by Gasteiger charge is 2.17. The summed E-state index contributed by atoms with van der Waals surface area (Å²) < 4.78 is 13.2. The van der Waals surface area contributed by atoms with Gasteiger partial charge in [-0.25, -0.2) is 4.39 Å². The van der Waals surface area contributed by atoms with Gasteiger partial charge >= 0.3 is 0 Å². The number of nitrogens with one attached hydrogen (secondary N) is 1. The van der Waals surface area contributed by atoms with E-state index in [0.717, 1.165) is 6.20 Å². The van der Waals surface area contributed by atoms with Crippen LogP contribution in [0.4, 0.5) is 15.8 Å². The molecule has 106 valence electrons. The molecule has 0 saturated heterocycles. The molecule has 0 aliphatic rings. The molecule has 1 N–H and O–H groups in total. The van der Waals surface area contributed by atoms with Crippen molar-refractivity contribution in [2.75, 3.05) is 5.32 Å². The second-order valence-corrected chi connectivity index (χ2v) is 4.40. The van der Waals surface area contributed by atoms with E-state index in [1.165, 1.54) is 30.5 Å². The average Bonchev–Trinajstić information content (AvgIpc) is 2.46. The number of nitro groups is 1. The zero-order valence-electron chi connectivity index (χ0n) is 11.1. The summed E-state index contributed by atoms with van der Waals surface area (Å²) in [7, 11) is 0. The Morgan fingerprint density at radius 3 is 2.81 bits per heavy atom. The molecule has 2 rings (SSSR count). The molecule has 0 unspecified atom stereocenters. The molecule has 0 bridgehead atoms. The molecule has 0 saturated carbocycles. The minimum Gasteiger partial charge on any atom is -0.373 e. The lowest BCUT2D eigenvalue weighted by atomic mass is 10.1. The number of hydrogen-bond donors (Lipinski definition) is 1. The highest BCUT2D eigenvalue weighted by atomic mass is 19.1. The molecule has 1 aromatic heterocycles. The molecule has 2 aromatic rings. The molecule has 0 aliphatic heterocycles. The van der Waals surface area contributed by atoms with Crippen LogP contribution in [0.15, 0.2) is 36.7 Å². The van der Waals surface area contributed by atoms with E-state index in [9.17, 15) is 14.5 Å². The summed E-state index contributed by atoms with van der Waals surface area (Å²) in [6.07, 6.45) is 2.55. The molecule has 1 aromatic carbocycles. The predicted octanol–water partition coefficient (Wildman–Crippen LogP) is 3.17. The number of pyridine rings is 1. The lowest BCUT2D eigenvalue weighted by molar-refractivity contribution is -0.384. The number of aromatic nitrogens is 1. The largest absolute Gasteiger partial charge is 0.373 e. The zero-order valence-corrected chi connectivity index (χ0v) is 11.1. The van der Waals surface area contributed by atoms with E-state index in [1.807, 2.05) is 6.07 Å². The summed E-state index contributed by atoms with van der Waals surface area (Å²) in [5.74, 6) is -0.485. The van der Waals surface area contributed by atoms with Crippen LogP contribution in [0.3, 0.4) is 0 Å². The van der Waals surface area contributed by atoms with Gasteiger partial charge in [0.25, 0.3) is 5.69 Å². The predicted molar refractivity (Wildman–Crippen MR) is 74.0 cm³/mol. The van der Waals surface area contributed by atoms with Crippen LogP contribution in [0.1, 0.15) is 24.1 Å². The molecule has 0 spiro atoms. The minimum absolute atomic E-state index is 0.148. The van der Waals surface area contributed by atoms with Gasteiger partial charge in [-0.15, -0.1) is 0 Å². The van der Waals surface area contributed by atoms with E-state index in [2.05, 4.69) is 10.3 Å². The van der Waals surface area contributed by atoms with E-state index in [4.69, 9.17) is 5.26 Å². The Morgan fingerprint density at radius 1 is 1.43 bits per heavy atom. The van der Waals surface area contributed by atoms with Crippen LogP contribution in [-0.4, -0.2) is 9.91 Å². The van der Waals surface area contributed by atoms with Crippen molar-refractivity contribution in [3.8, 4) is 6.07 Å². The van der Waals surface area contributed by atoms with Crippen molar-refractivity contribution in [1.29, 1.82) is 5.26 Å². The van der Waals surface area contributed by atoms with Gasteiger partial charge in [0, 0.05) is 12.3 Å². The third-order valence-corrected chi connectivity index (χ3v) is 2.92. The first-order valence-electron chi connectivity index (χ1n) is 6.07. The van der Waals surface area contributed by atoms with E-state index in [1.54, 1.807) is 6.92 Å². The highest BCUT2D eigenvalue weighted by Crippen LogP contribution is 2.29. The third-order valence-electron chi connectivity index (χ3n) is 2.92. The molecular formula is C14H11FN4O2. The quantitative estimate of drug-likeness (QED) is 0.688. The smallest absolute Gasteiger partial charge is 0.292 e. The molecule has 1 heterocycles. The Balaban J connectivity index is 2.34. The van der Waals surface area contributed by atoms with Crippen molar-refractivity contribution in [2.45, 2.75) is 13.0 Å². The number of hydrogen-bond acceptors (Lipinski definition) is 5. The maximum Gasteiger partial charge on any atom is 0.292 e. The van der Waals surface area contributed by atoms with Crippen LogP contribution in [-0.2, 0) is 0 Å². The summed E-state index contributed by atoms with van der Waals surface area (Å²) in [6, 6.07) is 6.84. The van der Waals surface area contributed by atoms with Crippen LogP contribution in [0.25, 0.3) is 0 Å². The zero-order chi connectivity index (χ0) is 15.4. The topological polar surface area (TPSA) is 91.8 Å². The van der Waals surface area contributed by atoms with Gasteiger partial charge in [0.15, 0.2) is 0 Å². The van der Waals surface area contributed by atoms with Crippen molar-refractivity contribution in [3.05, 3.63) is 63.7 Å². The number of nitro benzene ring substituents is 1. The Morgan fingerprint density at radius 2 is 2.19 bits per heavy atom. The van der Waals surface area contributed by atoms with Gasteiger partial charge < -0.3 is 5.32 Å². The minimum atomic E-state index is -0.542. The summed E-state index contributed by atoms with van der Waals surface area (Å²) in [6.45, 7) is 1.72. The van der Waals surface area contributed by atoms with Crippen molar-refractivity contribution in [2.24, 2.45) is 0 Å². The van der Waals surface area contributed by atoms with Gasteiger partial charge in [0.2, 0.25) is 0 Å². The molecule has 0 amide bonds. The normalized spacial score (nSPS) is 11.5. The fraction of sp³-hybridized carbons (Fsp3) is 0.143. The number of rotatable bonds is 4. The van der Waals surface area contributed by atoms with Crippen molar-refractivity contribution >= 4 is 11.4 Å². The van der Waals surface area contributed by atoms with E-state index in [0.29, 0.717) is 11.1 Å². The Bertz CT molecular complexity index is 727. The van der Waals surface area contributed by atoms with Crippen LogP contribution in [0.5, 0.6) is 0 Å².